The van der Waals surface area contributed by atoms with Gasteiger partial charge in [-0.3, -0.25) is 0 Å². The second kappa shape index (κ2) is 3.76. The van der Waals surface area contributed by atoms with Crippen LogP contribution in [0.15, 0.2) is 0 Å². The molecule has 0 saturated carbocycles. The van der Waals surface area contributed by atoms with Crippen LogP contribution in [0.1, 0.15) is 13.8 Å². The Kier molecular flexibility index (Phi) is 3.67. The second-order valence-corrected chi connectivity index (χ2v) is 1.73. The van der Waals surface area contributed by atoms with E-state index in [9.17, 15) is 0 Å². The van der Waals surface area contributed by atoms with Crippen molar-refractivity contribution in [1.29, 1.82) is 0 Å². The number of rotatable bonds is 3. The van der Waals surface area contributed by atoms with Crippen molar-refractivity contribution in [2.45, 2.75) is 26.3 Å². The predicted octanol–water partition coefficient (Wildman–Crippen LogP) is -1.23. The van der Waals surface area contributed by atoms with E-state index in [0.717, 1.165) is 5.06 Å². The summed E-state index contributed by atoms with van der Waals surface area (Å²) in [6.45, 7) is 2.86. The van der Waals surface area contributed by atoms with Crippen LogP contribution in [-0.4, -0.2) is 27.7 Å². The van der Waals surface area contributed by atoms with Crippen LogP contribution in [-0.2, 0) is 4.94 Å². The quantitative estimate of drug-likeness (QED) is 0.334. The number of hydrogen-bond acceptors (Lipinski definition) is 5. The van der Waals surface area contributed by atoms with Crippen LogP contribution in [0.2, 0.25) is 0 Å². The summed E-state index contributed by atoms with van der Waals surface area (Å²) < 4.78 is 0. The third-order valence-corrected chi connectivity index (χ3v) is 0.858. The third-order valence-electron chi connectivity index (χ3n) is 0.858. The van der Waals surface area contributed by atoms with Gasteiger partial charge in [0.05, 0.1) is 0 Å². The molecule has 5 heteroatoms. The van der Waals surface area contributed by atoms with E-state index in [1.54, 1.807) is 0 Å². The molecule has 0 fully saturated rings. The highest BCUT2D eigenvalue weighted by molar-refractivity contribution is 4.43. The Balaban J connectivity index is 3.68. The van der Waals surface area contributed by atoms with Crippen LogP contribution >= 0.6 is 0 Å². The molecule has 0 aromatic rings. The van der Waals surface area contributed by atoms with Crippen LogP contribution in [0.5, 0.6) is 0 Å². The maximum absolute atomic E-state index is 8.74. The highest BCUT2D eigenvalue weighted by atomic mass is 16.8. The first kappa shape index (κ1) is 8.80. The topological polar surface area (TPSA) is 79.0 Å². The van der Waals surface area contributed by atoms with Gasteiger partial charge < -0.3 is 10.2 Å². The van der Waals surface area contributed by atoms with Crippen molar-refractivity contribution in [1.82, 2.24) is 5.06 Å². The van der Waals surface area contributed by atoms with Gasteiger partial charge >= 0.3 is 0 Å². The largest absolute Gasteiger partial charge is 0.376 e. The molecule has 0 aromatic carbocycles. The van der Waals surface area contributed by atoms with Crippen LogP contribution in [0.3, 0.4) is 0 Å². The molecular formula is C4H12N2O3. The molecule has 0 aliphatic rings. The zero-order valence-corrected chi connectivity index (χ0v) is 5.48. The molecule has 0 amide bonds. The number of nitrogens with zero attached hydrogens (tertiary/aromatic N) is 1. The molecule has 56 valence electrons. The number of aliphatic hydroxyl groups is 2. The molecule has 9 heavy (non-hydrogen) atoms. The Labute approximate surface area is 53.5 Å². The molecule has 2 unspecified atom stereocenters. The standard InChI is InChI=1S/C4H12N2O3/c1-3(7)6(9-5)4(2)8/h3-4,7-8H,5H2,1-2H3. The van der Waals surface area contributed by atoms with Crippen molar-refractivity contribution in [3.8, 4) is 0 Å². The SMILES string of the molecule is CC(O)N(ON)C(C)O. The van der Waals surface area contributed by atoms with Gasteiger partial charge in [0.2, 0.25) is 0 Å². The lowest BCUT2D eigenvalue weighted by Crippen LogP contribution is -2.41. The van der Waals surface area contributed by atoms with Crippen molar-refractivity contribution in [2.75, 3.05) is 0 Å². The van der Waals surface area contributed by atoms with Gasteiger partial charge in [0.15, 0.2) is 0 Å². The average Bonchev–Trinajstić information content (AvgIpc) is 1.64. The molecule has 0 saturated heterocycles. The van der Waals surface area contributed by atoms with Crippen molar-refractivity contribution in [3.63, 3.8) is 0 Å². The summed E-state index contributed by atoms with van der Waals surface area (Å²) in [5.41, 5.74) is 0. The summed E-state index contributed by atoms with van der Waals surface area (Å²) in [6, 6.07) is 0. The summed E-state index contributed by atoms with van der Waals surface area (Å²) in [6.07, 6.45) is -1.81. The molecule has 0 aromatic heterocycles. The van der Waals surface area contributed by atoms with Crippen LogP contribution in [0, 0.1) is 0 Å². The molecular weight excluding hydrogens is 124 g/mol. The molecule has 0 spiro atoms. The van der Waals surface area contributed by atoms with Gasteiger partial charge in [-0.25, -0.2) is 4.94 Å². The minimum atomic E-state index is -0.907. The smallest absolute Gasteiger partial charge is 0.131 e. The molecule has 0 rings (SSSR count). The highest BCUT2D eigenvalue weighted by Gasteiger charge is 2.15. The Bertz CT molecular complexity index is 68.2. The van der Waals surface area contributed by atoms with Gasteiger partial charge in [-0.1, -0.05) is 0 Å². The highest BCUT2D eigenvalue weighted by Crippen LogP contribution is 1.97. The summed E-state index contributed by atoms with van der Waals surface area (Å²) >= 11 is 0. The van der Waals surface area contributed by atoms with Crippen LogP contribution < -0.4 is 5.90 Å². The van der Waals surface area contributed by atoms with E-state index < -0.39 is 12.5 Å². The van der Waals surface area contributed by atoms with Gasteiger partial charge in [-0.15, -0.1) is 5.06 Å². The lowest BCUT2D eigenvalue weighted by Gasteiger charge is -2.23. The second-order valence-electron chi connectivity index (χ2n) is 1.73. The van der Waals surface area contributed by atoms with Crippen LogP contribution in [0.4, 0.5) is 0 Å². The molecule has 2 atom stereocenters. The first-order chi connectivity index (χ1) is 4.09. The Morgan fingerprint density at radius 2 is 1.67 bits per heavy atom. The molecule has 5 nitrogen and oxygen atoms in total. The Hall–Kier alpha value is -0.200. The third kappa shape index (κ3) is 2.73. The van der Waals surface area contributed by atoms with E-state index in [2.05, 4.69) is 10.8 Å². The van der Waals surface area contributed by atoms with E-state index in [-0.39, 0.29) is 0 Å². The summed E-state index contributed by atoms with van der Waals surface area (Å²) in [5.74, 6) is 4.68. The monoisotopic (exact) mass is 136 g/mol. The van der Waals surface area contributed by atoms with Crippen molar-refractivity contribution >= 4 is 0 Å². The Morgan fingerprint density at radius 3 is 1.67 bits per heavy atom. The maximum Gasteiger partial charge on any atom is 0.131 e. The zero-order chi connectivity index (χ0) is 7.44. The maximum atomic E-state index is 8.74. The van der Waals surface area contributed by atoms with E-state index >= 15 is 0 Å². The van der Waals surface area contributed by atoms with Gasteiger partial charge in [0.1, 0.15) is 12.5 Å². The van der Waals surface area contributed by atoms with Gasteiger partial charge in [0.25, 0.3) is 0 Å². The first-order valence-electron chi connectivity index (χ1n) is 2.61. The molecule has 0 aliphatic carbocycles. The zero-order valence-electron chi connectivity index (χ0n) is 5.48. The van der Waals surface area contributed by atoms with E-state index in [0.29, 0.717) is 0 Å². The normalized spacial score (nSPS) is 18.0. The molecule has 0 bridgehead atoms. The first-order valence-corrected chi connectivity index (χ1v) is 2.61. The fraction of sp³-hybridized carbons (Fsp3) is 1.00. The van der Waals surface area contributed by atoms with Crippen molar-refractivity contribution in [3.05, 3.63) is 0 Å². The van der Waals surface area contributed by atoms with E-state index in [1.807, 2.05) is 0 Å². The Morgan fingerprint density at radius 1 is 1.33 bits per heavy atom. The minimum Gasteiger partial charge on any atom is -0.376 e. The fourth-order valence-corrected chi connectivity index (χ4v) is 0.488. The lowest BCUT2D eigenvalue weighted by molar-refractivity contribution is -0.295. The minimum absolute atomic E-state index is 0.847. The average molecular weight is 136 g/mol. The molecule has 0 heterocycles. The number of aliphatic hydroxyl groups excluding tert-OH is 2. The van der Waals surface area contributed by atoms with Gasteiger partial charge in [-0.2, -0.15) is 5.90 Å². The van der Waals surface area contributed by atoms with Crippen molar-refractivity contribution < 1.29 is 15.2 Å². The summed E-state index contributed by atoms with van der Waals surface area (Å²) in [4.78, 5) is 4.11. The molecule has 4 N–H and O–H groups in total. The number of nitrogens with two attached hydrogens (primary N) is 1. The number of hydroxylamine groups is 2. The molecule has 0 radical (unpaired) electrons. The molecule has 0 aliphatic heterocycles. The number of hydrogen-bond donors (Lipinski definition) is 3. The lowest BCUT2D eigenvalue weighted by atomic mass is 10.5. The fourth-order valence-electron chi connectivity index (χ4n) is 0.488. The summed E-state index contributed by atoms with van der Waals surface area (Å²) in [5, 5.41) is 18.3. The van der Waals surface area contributed by atoms with E-state index in [1.165, 1.54) is 13.8 Å². The van der Waals surface area contributed by atoms with Gasteiger partial charge in [0, 0.05) is 0 Å². The summed E-state index contributed by atoms with van der Waals surface area (Å²) in [7, 11) is 0. The van der Waals surface area contributed by atoms with E-state index in [4.69, 9.17) is 10.2 Å². The van der Waals surface area contributed by atoms with Gasteiger partial charge in [-0.05, 0) is 13.8 Å². The predicted molar refractivity (Wildman–Crippen MR) is 30.5 cm³/mol. The van der Waals surface area contributed by atoms with Crippen molar-refractivity contribution in [2.24, 2.45) is 5.90 Å². The van der Waals surface area contributed by atoms with Crippen LogP contribution in [0.25, 0.3) is 0 Å².